The Balaban J connectivity index is 1.86. The van der Waals surface area contributed by atoms with Crippen LogP contribution in [-0.4, -0.2) is 53.1 Å². The topological polar surface area (TPSA) is 81.7 Å². The van der Waals surface area contributed by atoms with E-state index in [-0.39, 0.29) is 31.9 Å². The lowest BCUT2D eigenvalue weighted by Crippen LogP contribution is -2.28. The molecule has 0 aliphatic carbocycles. The van der Waals surface area contributed by atoms with Crippen molar-refractivity contribution in [2.75, 3.05) is 41.0 Å². The van der Waals surface area contributed by atoms with Gasteiger partial charge in [0, 0.05) is 20.8 Å². The Labute approximate surface area is 181 Å². The molecule has 1 aliphatic heterocycles. The molecule has 0 bridgehead atoms. The van der Waals surface area contributed by atoms with E-state index in [4.69, 9.17) is 33.2 Å². The van der Waals surface area contributed by atoms with Gasteiger partial charge in [0.1, 0.15) is 12.7 Å². The SMILES string of the molecule is COCOc1cc(C(=O)OC2CCCOC2)cc(OCOC)c1OCc1ccccc1. The lowest BCUT2D eigenvalue weighted by molar-refractivity contribution is -0.0307. The molecule has 2 aromatic carbocycles. The van der Waals surface area contributed by atoms with Gasteiger partial charge in [-0.1, -0.05) is 30.3 Å². The number of carbonyl (C=O) groups excluding carboxylic acids is 1. The van der Waals surface area contributed by atoms with Gasteiger partial charge in [-0.25, -0.2) is 4.79 Å². The van der Waals surface area contributed by atoms with E-state index < -0.39 is 5.97 Å². The number of esters is 1. The third-order valence-electron chi connectivity index (χ3n) is 4.54. The third-order valence-corrected chi connectivity index (χ3v) is 4.54. The molecule has 31 heavy (non-hydrogen) atoms. The first-order chi connectivity index (χ1) is 15.2. The molecule has 0 radical (unpaired) electrons. The van der Waals surface area contributed by atoms with Gasteiger partial charge in [0.2, 0.25) is 5.75 Å². The van der Waals surface area contributed by atoms with Crippen LogP contribution in [0.4, 0.5) is 0 Å². The second-order valence-electron chi connectivity index (χ2n) is 6.92. The second-order valence-corrected chi connectivity index (χ2v) is 6.92. The fraction of sp³-hybridized carbons (Fsp3) is 0.435. The van der Waals surface area contributed by atoms with Crippen molar-refractivity contribution in [2.24, 2.45) is 0 Å². The summed E-state index contributed by atoms with van der Waals surface area (Å²) in [6.45, 7) is 1.31. The smallest absolute Gasteiger partial charge is 0.338 e. The number of hydrogen-bond acceptors (Lipinski definition) is 8. The van der Waals surface area contributed by atoms with Crippen LogP contribution in [-0.2, 0) is 25.6 Å². The minimum Gasteiger partial charge on any atom is -0.482 e. The molecule has 168 valence electrons. The molecule has 8 nitrogen and oxygen atoms in total. The van der Waals surface area contributed by atoms with Crippen molar-refractivity contribution in [1.29, 1.82) is 0 Å². The summed E-state index contributed by atoms with van der Waals surface area (Å²) < 4.78 is 38.4. The highest BCUT2D eigenvalue weighted by Crippen LogP contribution is 2.40. The lowest BCUT2D eigenvalue weighted by Gasteiger charge is -2.23. The van der Waals surface area contributed by atoms with Crippen LogP contribution >= 0.6 is 0 Å². The van der Waals surface area contributed by atoms with E-state index in [1.807, 2.05) is 30.3 Å². The summed E-state index contributed by atoms with van der Waals surface area (Å²) in [5.74, 6) is 0.460. The van der Waals surface area contributed by atoms with Gasteiger partial charge in [-0.15, -0.1) is 0 Å². The van der Waals surface area contributed by atoms with Crippen molar-refractivity contribution >= 4 is 5.97 Å². The molecule has 0 saturated carbocycles. The number of methoxy groups -OCH3 is 2. The maximum Gasteiger partial charge on any atom is 0.338 e. The van der Waals surface area contributed by atoms with E-state index in [1.54, 1.807) is 12.1 Å². The first-order valence-electron chi connectivity index (χ1n) is 10.1. The van der Waals surface area contributed by atoms with E-state index in [0.29, 0.717) is 30.5 Å². The number of carbonyl (C=O) groups is 1. The van der Waals surface area contributed by atoms with E-state index >= 15 is 0 Å². The van der Waals surface area contributed by atoms with E-state index in [9.17, 15) is 4.79 Å². The van der Waals surface area contributed by atoms with Crippen LogP contribution in [0.3, 0.4) is 0 Å². The average Bonchev–Trinajstić information content (AvgIpc) is 2.81. The Hall–Kier alpha value is -2.81. The lowest BCUT2D eigenvalue weighted by atomic mass is 10.1. The Kier molecular flexibility index (Phi) is 8.96. The van der Waals surface area contributed by atoms with Crippen LogP contribution < -0.4 is 14.2 Å². The highest BCUT2D eigenvalue weighted by molar-refractivity contribution is 5.91. The van der Waals surface area contributed by atoms with Gasteiger partial charge in [0.05, 0.1) is 12.2 Å². The molecule has 1 saturated heterocycles. The standard InChI is InChI=1S/C23H28O8/c1-25-15-29-20-11-18(23(24)31-19-9-6-10-27-14-19)12-21(30-16-26-2)22(20)28-13-17-7-4-3-5-8-17/h3-5,7-8,11-12,19H,6,9-10,13-16H2,1-2H3. The molecule has 0 spiro atoms. The monoisotopic (exact) mass is 432 g/mol. The summed E-state index contributed by atoms with van der Waals surface area (Å²) in [6.07, 6.45) is 1.35. The van der Waals surface area contributed by atoms with Crippen LogP contribution in [0.1, 0.15) is 28.8 Å². The minimum absolute atomic E-state index is 0.0274. The van der Waals surface area contributed by atoms with Gasteiger partial charge in [-0.3, -0.25) is 0 Å². The van der Waals surface area contributed by atoms with Gasteiger partial charge in [0.25, 0.3) is 0 Å². The van der Waals surface area contributed by atoms with Gasteiger partial charge in [-0.05, 0) is 30.5 Å². The van der Waals surface area contributed by atoms with Gasteiger partial charge in [0.15, 0.2) is 25.1 Å². The maximum atomic E-state index is 12.8. The summed E-state index contributed by atoms with van der Waals surface area (Å²) in [7, 11) is 3.02. The Morgan fingerprint density at radius 2 is 1.68 bits per heavy atom. The fourth-order valence-corrected chi connectivity index (χ4v) is 3.05. The van der Waals surface area contributed by atoms with Gasteiger partial charge in [-0.2, -0.15) is 0 Å². The van der Waals surface area contributed by atoms with Crippen LogP contribution in [0, 0.1) is 0 Å². The van der Waals surface area contributed by atoms with Crippen molar-refractivity contribution in [3.05, 3.63) is 53.6 Å². The van der Waals surface area contributed by atoms with Crippen LogP contribution in [0.2, 0.25) is 0 Å². The number of hydrogen-bond donors (Lipinski definition) is 0. The van der Waals surface area contributed by atoms with Crippen LogP contribution in [0.25, 0.3) is 0 Å². The summed E-state index contributed by atoms with van der Waals surface area (Å²) in [5, 5.41) is 0. The zero-order valence-electron chi connectivity index (χ0n) is 17.8. The molecular formula is C23H28O8. The van der Waals surface area contributed by atoms with Crippen LogP contribution in [0.5, 0.6) is 17.2 Å². The summed E-state index contributed by atoms with van der Waals surface area (Å²) in [4.78, 5) is 12.8. The summed E-state index contributed by atoms with van der Waals surface area (Å²) >= 11 is 0. The third kappa shape index (κ3) is 6.85. The van der Waals surface area contributed by atoms with Gasteiger partial charge >= 0.3 is 5.97 Å². The first-order valence-corrected chi connectivity index (χ1v) is 10.1. The molecular weight excluding hydrogens is 404 g/mol. The zero-order chi connectivity index (χ0) is 21.9. The van der Waals surface area contributed by atoms with Crippen LogP contribution in [0.15, 0.2) is 42.5 Å². The second kappa shape index (κ2) is 12.1. The molecule has 0 aromatic heterocycles. The molecule has 1 atom stereocenters. The number of rotatable bonds is 11. The van der Waals surface area contributed by atoms with E-state index in [0.717, 1.165) is 18.4 Å². The van der Waals surface area contributed by atoms with E-state index in [2.05, 4.69) is 0 Å². The van der Waals surface area contributed by atoms with Crippen molar-refractivity contribution < 1.29 is 38.0 Å². The highest BCUT2D eigenvalue weighted by atomic mass is 16.7. The van der Waals surface area contributed by atoms with Crippen molar-refractivity contribution in [3.8, 4) is 17.2 Å². The minimum atomic E-state index is -0.491. The Morgan fingerprint density at radius 3 is 2.26 bits per heavy atom. The predicted molar refractivity (Wildman–Crippen MR) is 111 cm³/mol. The highest BCUT2D eigenvalue weighted by Gasteiger charge is 2.23. The Bertz CT molecular complexity index is 789. The molecule has 1 aliphatic rings. The fourth-order valence-electron chi connectivity index (χ4n) is 3.05. The molecule has 1 unspecified atom stereocenters. The quantitative estimate of drug-likeness (QED) is 0.394. The molecule has 1 heterocycles. The normalized spacial score (nSPS) is 15.9. The van der Waals surface area contributed by atoms with Crippen molar-refractivity contribution in [2.45, 2.75) is 25.6 Å². The zero-order valence-corrected chi connectivity index (χ0v) is 17.8. The average molecular weight is 432 g/mol. The molecule has 0 amide bonds. The van der Waals surface area contributed by atoms with E-state index in [1.165, 1.54) is 14.2 Å². The Morgan fingerprint density at radius 1 is 1.00 bits per heavy atom. The molecule has 2 aromatic rings. The molecule has 8 heteroatoms. The number of benzene rings is 2. The van der Waals surface area contributed by atoms with Crippen molar-refractivity contribution in [1.82, 2.24) is 0 Å². The predicted octanol–water partition coefficient (Wildman–Crippen LogP) is 3.57. The molecule has 1 fully saturated rings. The van der Waals surface area contributed by atoms with Gasteiger partial charge < -0.3 is 33.2 Å². The summed E-state index contributed by atoms with van der Waals surface area (Å²) in [5.41, 5.74) is 1.24. The number of ether oxygens (including phenoxy) is 7. The molecule has 0 N–H and O–H groups in total. The largest absolute Gasteiger partial charge is 0.482 e. The molecule has 3 rings (SSSR count). The van der Waals surface area contributed by atoms with Crippen molar-refractivity contribution in [3.63, 3.8) is 0 Å². The first kappa shape index (κ1) is 22.9. The maximum absolute atomic E-state index is 12.8. The summed E-state index contributed by atoms with van der Waals surface area (Å²) in [6, 6.07) is 12.8.